The highest BCUT2D eigenvalue weighted by Gasteiger charge is 2.35. The van der Waals surface area contributed by atoms with E-state index in [1.54, 1.807) is 0 Å². The number of rotatable bonds is 3. The summed E-state index contributed by atoms with van der Waals surface area (Å²) in [7, 11) is 1.27. The van der Waals surface area contributed by atoms with E-state index in [0.29, 0.717) is 12.8 Å². The van der Waals surface area contributed by atoms with E-state index in [1.165, 1.54) is 14.0 Å². The molecule has 1 fully saturated rings. The number of carbonyl (C=O) groups excluding carboxylic acids is 3. The Balaban J connectivity index is 2.75. The first-order valence-electron chi connectivity index (χ1n) is 5.16. The molecule has 0 aliphatic heterocycles. The number of methoxy groups -OCH3 is 1. The van der Waals surface area contributed by atoms with Crippen LogP contribution in [0.1, 0.15) is 32.6 Å². The van der Waals surface area contributed by atoms with Gasteiger partial charge < -0.3 is 4.74 Å². The second-order valence-electron chi connectivity index (χ2n) is 4.01. The average molecular weight is 212 g/mol. The molecule has 0 aromatic rings. The van der Waals surface area contributed by atoms with Gasteiger partial charge in [0.25, 0.3) is 0 Å². The Morgan fingerprint density at radius 2 is 2.13 bits per heavy atom. The molecule has 4 nitrogen and oxygen atoms in total. The predicted molar refractivity (Wildman–Crippen MR) is 53.2 cm³/mol. The van der Waals surface area contributed by atoms with Crippen molar-refractivity contribution in [1.82, 2.24) is 0 Å². The zero-order chi connectivity index (χ0) is 11.4. The Hall–Kier alpha value is -1.19. The third-order valence-corrected chi connectivity index (χ3v) is 2.88. The number of ether oxygens (including phenoxy) is 1. The van der Waals surface area contributed by atoms with Crippen LogP contribution in [0.15, 0.2) is 0 Å². The molecular weight excluding hydrogens is 196 g/mol. The fraction of sp³-hybridized carbons (Fsp3) is 0.727. The maximum Gasteiger partial charge on any atom is 0.316 e. The van der Waals surface area contributed by atoms with E-state index >= 15 is 0 Å². The summed E-state index contributed by atoms with van der Waals surface area (Å²) in [5.41, 5.74) is 0. The van der Waals surface area contributed by atoms with Crippen LogP contribution >= 0.6 is 0 Å². The highest BCUT2D eigenvalue weighted by Crippen LogP contribution is 2.29. The lowest BCUT2D eigenvalue weighted by atomic mass is 9.78. The van der Waals surface area contributed by atoms with E-state index in [0.717, 1.165) is 12.8 Å². The molecule has 0 heterocycles. The SMILES string of the molecule is COC(=O)C(C(C)=O)C1CCCC(=O)C1. The number of hydrogen-bond acceptors (Lipinski definition) is 4. The Morgan fingerprint density at radius 3 is 2.60 bits per heavy atom. The van der Waals surface area contributed by atoms with Gasteiger partial charge in [-0.15, -0.1) is 0 Å². The van der Waals surface area contributed by atoms with Crippen LogP contribution in [-0.2, 0) is 19.1 Å². The molecule has 2 unspecified atom stereocenters. The molecule has 15 heavy (non-hydrogen) atoms. The van der Waals surface area contributed by atoms with Crippen LogP contribution in [0.2, 0.25) is 0 Å². The van der Waals surface area contributed by atoms with Gasteiger partial charge in [-0.3, -0.25) is 14.4 Å². The Kier molecular flexibility index (Phi) is 4.00. The molecule has 84 valence electrons. The second kappa shape index (κ2) is 5.05. The largest absolute Gasteiger partial charge is 0.468 e. The maximum absolute atomic E-state index is 11.4. The smallest absolute Gasteiger partial charge is 0.316 e. The van der Waals surface area contributed by atoms with Gasteiger partial charge in [0.1, 0.15) is 17.5 Å². The van der Waals surface area contributed by atoms with E-state index in [1.807, 2.05) is 0 Å². The van der Waals surface area contributed by atoms with Gasteiger partial charge in [-0.25, -0.2) is 0 Å². The standard InChI is InChI=1S/C11H16O4/c1-7(12)10(11(14)15-2)8-4-3-5-9(13)6-8/h8,10H,3-6H2,1-2H3. The van der Waals surface area contributed by atoms with E-state index in [4.69, 9.17) is 0 Å². The summed E-state index contributed by atoms with van der Waals surface area (Å²) in [5.74, 6) is -1.49. The van der Waals surface area contributed by atoms with Gasteiger partial charge in [0.05, 0.1) is 7.11 Å². The van der Waals surface area contributed by atoms with Gasteiger partial charge >= 0.3 is 5.97 Å². The van der Waals surface area contributed by atoms with Crippen molar-refractivity contribution in [3.8, 4) is 0 Å². The minimum Gasteiger partial charge on any atom is -0.468 e. The van der Waals surface area contributed by atoms with Gasteiger partial charge in [0.15, 0.2) is 0 Å². The summed E-state index contributed by atoms with van der Waals surface area (Å²) in [4.78, 5) is 34.0. The molecule has 2 atom stereocenters. The van der Waals surface area contributed by atoms with Gasteiger partial charge in [-0.1, -0.05) is 0 Å². The van der Waals surface area contributed by atoms with Crippen LogP contribution in [0.4, 0.5) is 0 Å². The second-order valence-corrected chi connectivity index (χ2v) is 4.01. The first kappa shape index (κ1) is 11.9. The van der Waals surface area contributed by atoms with Crippen LogP contribution < -0.4 is 0 Å². The summed E-state index contributed by atoms with van der Waals surface area (Å²) in [5, 5.41) is 0. The van der Waals surface area contributed by atoms with Crippen molar-refractivity contribution >= 4 is 17.5 Å². The molecule has 1 rings (SSSR count). The Labute approximate surface area is 89.0 Å². The summed E-state index contributed by atoms with van der Waals surface area (Å²) in [6.45, 7) is 1.38. The van der Waals surface area contributed by atoms with Crippen LogP contribution in [0, 0.1) is 11.8 Å². The minimum absolute atomic E-state index is 0.140. The van der Waals surface area contributed by atoms with Crippen LogP contribution in [0.25, 0.3) is 0 Å². The number of esters is 1. The van der Waals surface area contributed by atoms with Crippen LogP contribution in [0.5, 0.6) is 0 Å². The highest BCUT2D eigenvalue weighted by molar-refractivity contribution is 5.98. The first-order chi connectivity index (χ1) is 7.06. The molecule has 0 saturated heterocycles. The average Bonchev–Trinajstić information content (AvgIpc) is 2.17. The monoisotopic (exact) mass is 212 g/mol. The van der Waals surface area contributed by atoms with E-state index in [9.17, 15) is 14.4 Å². The van der Waals surface area contributed by atoms with Crippen LogP contribution in [0.3, 0.4) is 0 Å². The van der Waals surface area contributed by atoms with Gasteiger partial charge in [0.2, 0.25) is 0 Å². The van der Waals surface area contributed by atoms with Crippen molar-refractivity contribution in [2.45, 2.75) is 32.6 Å². The number of Topliss-reactive ketones (excluding diaryl/α,β-unsaturated/α-hetero) is 2. The molecule has 1 aliphatic rings. The minimum atomic E-state index is -0.751. The lowest BCUT2D eigenvalue weighted by Crippen LogP contribution is -2.34. The van der Waals surface area contributed by atoms with Crippen molar-refractivity contribution in [3.63, 3.8) is 0 Å². The van der Waals surface area contributed by atoms with Gasteiger partial charge in [0, 0.05) is 12.8 Å². The molecule has 0 aromatic carbocycles. The number of ketones is 2. The fourth-order valence-corrected chi connectivity index (χ4v) is 2.16. The van der Waals surface area contributed by atoms with Gasteiger partial charge in [-0.05, 0) is 25.7 Å². The van der Waals surface area contributed by atoms with Crippen molar-refractivity contribution in [2.24, 2.45) is 11.8 Å². The molecule has 0 aromatic heterocycles. The predicted octanol–water partition coefficient (Wildman–Crippen LogP) is 1.12. The van der Waals surface area contributed by atoms with Gasteiger partial charge in [-0.2, -0.15) is 0 Å². The molecule has 1 aliphatic carbocycles. The number of hydrogen-bond donors (Lipinski definition) is 0. The van der Waals surface area contributed by atoms with Crippen molar-refractivity contribution < 1.29 is 19.1 Å². The van der Waals surface area contributed by atoms with E-state index in [2.05, 4.69) is 4.74 Å². The molecule has 0 radical (unpaired) electrons. The van der Waals surface area contributed by atoms with E-state index in [-0.39, 0.29) is 17.5 Å². The molecule has 0 spiro atoms. The molecule has 0 amide bonds. The maximum atomic E-state index is 11.4. The van der Waals surface area contributed by atoms with E-state index < -0.39 is 11.9 Å². The zero-order valence-corrected chi connectivity index (χ0v) is 9.12. The zero-order valence-electron chi connectivity index (χ0n) is 9.12. The Morgan fingerprint density at radius 1 is 1.47 bits per heavy atom. The molecule has 4 heteroatoms. The summed E-state index contributed by atoms with van der Waals surface area (Å²) in [6.07, 6.45) is 2.43. The first-order valence-corrected chi connectivity index (χ1v) is 5.16. The van der Waals surface area contributed by atoms with Crippen molar-refractivity contribution in [2.75, 3.05) is 7.11 Å². The van der Waals surface area contributed by atoms with Crippen LogP contribution in [-0.4, -0.2) is 24.6 Å². The summed E-state index contributed by atoms with van der Waals surface area (Å²) < 4.78 is 4.59. The summed E-state index contributed by atoms with van der Waals surface area (Å²) in [6, 6.07) is 0. The fourth-order valence-electron chi connectivity index (χ4n) is 2.16. The molecule has 1 saturated carbocycles. The lowest BCUT2D eigenvalue weighted by Gasteiger charge is -2.25. The van der Waals surface area contributed by atoms with Crippen molar-refractivity contribution in [3.05, 3.63) is 0 Å². The normalized spacial score (nSPS) is 23.3. The third-order valence-electron chi connectivity index (χ3n) is 2.88. The topological polar surface area (TPSA) is 60.4 Å². The molecule has 0 N–H and O–H groups in total. The lowest BCUT2D eigenvalue weighted by molar-refractivity contribution is -0.152. The Bertz CT molecular complexity index is 282. The molecular formula is C11H16O4. The highest BCUT2D eigenvalue weighted by atomic mass is 16.5. The molecule has 0 bridgehead atoms. The quantitative estimate of drug-likeness (QED) is 0.519. The number of carbonyl (C=O) groups is 3. The third kappa shape index (κ3) is 2.88. The van der Waals surface area contributed by atoms with Crippen molar-refractivity contribution in [1.29, 1.82) is 0 Å². The summed E-state index contributed by atoms with van der Waals surface area (Å²) >= 11 is 0.